The van der Waals surface area contributed by atoms with Crippen LogP contribution >= 0.6 is 0 Å². The zero-order chi connectivity index (χ0) is 15.0. The Labute approximate surface area is 122 Å². The molecule has 110 valence electrons. The summed E-state index contributed by atoms with van der Waals surface area (Å²) in [7, 11) is 1.69. The quantitative estimate of drug-likeness (QED) is 0.822. The second kappa shape index (κ2) is 8.41. The molecule has 0 N–H and O–H groups in total. The molecule has 20 heavy (non-hydrogen) atoms. The molecule has 0 aliphatic carbocycles. The van der Waals surface area contributed by atoms with E-state index >= 15 is 0 Å². The summed E-state index contributed by atoms with van der Waals surface area (Å²) >= 11 is 0. The van der Waals surface area contributed by atoms with Gasteiger partial charge in [-0.15, -0.1) is 0 Å². The monoisotopic (exact) mass is 275 g/mol. The molecule has 3 nitrogen and oxygen atoms in total. The molecular weight excluding hydrogens is 250 g/mol. The molecular formula is C17H25NO2. The Balaban J connectivity index is 0.000000956. The lowest BCUT2D eigenvalue weighted by Gasteiger charge is -2.27. The number of carbonyl (C=O) groups excluding carboxylic acids is 1. The lowest BCUT2D eigenvalue weighted by atomic mass is 10.0. The topological polar surface area (TPSA) is 29.5 Å². The number of hydrogen-bond acceptors (Lipinski definition) is 2. The molecule has 0 unspecified atom stereocenters. The molecule has 1 amide bonds. The van der Waals surface area contributed by atoms with Crippen molar-refractivity contribution in [1.29, 1.82) is 0 Å². The van der Waals surface area contributed by atoms with Crippen LogP contribution < -0.4 is 4.74 Å². The van der Waals surface area contributed by atoms with Gasteiger partial charge in [-0.05, 0) is 18.9 Å². The van der Waals surface area contributed by atoms with Crippen LogP contribution in [0.3, 0.4) is 0 Å². The molecule has 0 bridgehead atoms. The summed E-state index contributed by atoms with van der Waals surface area (Å²) in [5, 5.41) is 0. The maximum Gasteiger partial charge on any atom is 0.219 e. The SMILES string of the molecule is CC.COc1ccccc1C=C1CCN(C(C)=O)CC1. The van der Waals surface area contributed by atoms with E-state index in [0.29, 0.717) is 0 Å². The molecule has 1 saturated heterocycles. The van der Waals surface area contributed by atoms with Gasteiger partial charge in [0.15, 0.2) is 0 Å². The summed E-state index contributed by atoms with van der Waals surface area (Å²) in [5.41, 5.74) is 2.50. The van der Waals surface area contributed by atoms with Gasteiger partial charge >= 0.3 is 0 Å². The fourth-order valence-corrected chi connectivity index (χ4v) is 2.26. The number of methoxy groups -OCH3 is 1. The van der Waals surface area contributed by atoms with Crippen LogP contribution in [0.5, 0.6) is 5.75 Å². The van der Waals surface area contributed by atoms with Crippen molar-refractivity contribution in [1.82, 2.24) is 4.90 Å². The summed E-state index contributed by atoms with van der Waals surface area (Å²) < 4.78 is 5.34. The van der Waals surface area contributed by atoms with E-state index in [1.165, 1.54) is 5.57 Å². The highest BCUT2D eigenvalue weighted by molar-refractivity contribution is 5.73. The highest BCUT2D eigenvalue weighted by atomic mass is 16.5. The summed E-state index contributed by atoms with van der Waals surface area (Å²) in [6.45, 7) is 7.29. The van der Waals surface area contributed by atoms with E-state index in [0.717, 1.165) is 37.2 Å². The number of ether oxygens (including phenoxy) is 1. The van der Waals surface area contributed by atoms with E-state index in [9.17, 15) is 4.79 Å². The van der Waals surface area contributed by atoms with Gasteiger partial charge in [0.2, 0.25) is 5.91 Å². The van der Waals surface area contributed by atoms with E-state index in [-0.39, 0.29) is 5.91 Å². The van der Waals surface area contributed by atoms with Crippen LogP contribution in [0.25, 0.3) is 6.08 Å². The zero-order valence-electron chi connectivity index (χ0n) is 13.0. The molecule has 1 heterocycles. The maximum absolute atomic E-state index is 11.3. The van der Waals surface area contributed by atoms with E-state index < -0.39 is 0 Å². The van der Waals surface area contributed by atoms with Crippen LogP contribution in [0.2, 0.25) is 0 Å². The lowest BCUT2D eigenvalue weighted by Crippen LogP contribution is -2.34. The predicted molar refractivity (Wildman–Crippen MR) is 83.8 cm³/mol. The number of hydrogen-bond donors (Lipinski definition) is 0. The van der Waals surface area contributed by atoms with E-state index in [1.807, 2.05) is 36.9 Å². The van der Waals surface area contributed by atoms with Gasteiger partial charge in [-0.2, -0.15) is 0 Å². The van der Waals surface area contributed by atoms with E-state index in [1.54, 1.807) is 14.0 Å². The molecule has 2 rings (SSSR count). The van der Waals surface area contributed by atoms with Crippen molar-refractivity contribution in [3.05, 3.63) is 35.4 Å². The molecule has 0 spiro atoms. The molecule has 1 aromatic rings. The minimum Gasteiger partial charge on any atom is -0.496 e. The zero-order valence-corrected chi connectivity index (χ0v) is 13.0. The fourth-order valence-electron chi connectivity index (χ4n) is 2.26. The third-order valence-electron chi connectivity index (χ3n) is 3.35. The summed E-state index contributed by atoms with van der Waals surface area (Å²) in [6.07, 6.45) is 4.10. The Bertz CT molecular complexity index is 456. The first-order valence-electron chi connectivity index (χ1n) is 7.28. The first-order chi connectivity index (χ1) is 9.70. The maximum atomic E-state index is 11.3. The normalized spacial score (nSPS) is 14.2. The third-order valence-corrected chi connectivity index (χ3v) is 3.35. The number of carbonyl (C=O) groups is 1. The number of likely N-dealkylation sites (tertiary alicyclic amines) is 1. The molecule has 1 aromatic carbocycles. The van der Waals surface area contributed by atoms with Gasteiger partial charge in [-0.25, -0.2) is 0 Å². The molecule has 1 fully saturated rings. The van der Waals surface area contributed by atoms with Gasteiger partial charge in [0.05, 0.1) is 7.11 Å². The average Bonchev–Trinajstić information content (AvgIpc) is 2.50. The minimum atomic E-state index is 0.173. The van der Waals surface area contributed by atoms with Crippen LogP contribution in [-0.4, -0.2) is 31.0 Å². The minimum absolute atomic E-state index is 0.173. The van der Waals surface area contributed by atoms with Crippen molar-refractivity contribution >= 4 is 12.0 Å². The van der Waals surface area contributed by atoms with Crippen LogP contribution in [0, 0.1) is 0 Å². The van der Waals surface area contributed by atoms with Gasteiger partial charge in [0, 0.05) is 25.6 Å². The molecule has 0 aromatic heterocycles. The van der Waals surface area contributed by atoms with Crippen molar-refractivity contribution in [2.24, 2.45) is 0 Å². The molecule has 1 aliphatic rings. The standard InChI is InChI=1S/C15H19NO2.C2H6/c1-12(17)16-9-7-13(8-10-16)11-14-5-3-4-6-15(14)18-2;1-2/h3-6,11H,7-10H2,1-2H3;1-2H3. The van der Waals surface area contributed by atoms with Crippen LogP contribution in [0.4, 0.5) is 0 Å². The molecule has 1 aliphatic heterocycles. The molecule has 0 atom stereocenters. The van der Waals surface area contributed by atoms with Gasteiger partial charge in [0.25, 0.3) is 0 Å². The summed E-state index contributed by atoms with van der Waals surface area (Å²) in [6, 6.07) is 8.01. The van der Waals surface area contributed by atoms with Crippen molar-refractivity contribution < 1.29 is 9.53 Å². The number of nitrogens with zero attached hydrogens (tertiary/aromatic N) is 1. The fraction of sp³-hybridized carbons (Fsp3) is 0.471. The van der Waals surface area contributed by atoms with Gasteiger partial charge < -0.3 is 9.64 Å². The van der Waals surface area contributed by atoms with Crippen molar-refractivity contribution in [3.8, 4) is 5.75 Å². The van der Waals surface area contributed by atoms with Crippen molar-refractivity contribution in [2.45, 2.75) is 33.6 Å². The summed E-state index contributed by atoms with van der Waals surface area (Å²) in [4.78, 5) is 13.2. The largest absolute Gasteiger partial charge is 0.496 e. The van der Waals surface area contributed by atoms with Crippen molar-refractivity contribution in [2.75, 3.05) is 20.2 Å². The number of para-hydroxylation sites is 1. The third kappa shape index (κ3) is 4.41. The van der Waals surface area contributed by atoms with E-state index in [2.05, 4.69) is 12.1 Å². The second-order valence-electron chi connectivity index (χ2n) is 4.55. The average molecular weight is 275 g/mol. The highest BCUT2D eigenvalue weighted by Crippen LogP contribution is 2.24. The number of piperidine rings is 1. The Morgan fingerprint density at radius 3 is 2.35 bits per heavy atom. The second-order valence-corrected chi connectivity index (χ2v) is 4.55. The Morgan fingerprint density at radius 2 is 1.80 bits per heavy atom. The smallest absolute Gasteiger partial charge is 0.219 e. The van der Waals surface area contributed by atoms with Gasteiger partial charge in [-0.3, -0.25) is 4.79 Å². The molecule has 0 saturated carbocycles. The Hall–Kier alpha value is -1.77. The van der Waals surface area contributed by atoms with E-state index in [4.69, 9.17) is 4.74 Å². The van der Waals surface area contributed by atoms with Gasteiger partial charge in [-0.1, -0.05) is 43.7 Å². The summed E-state index contributed by atoms with van der Waals surface area (Å²) in [5.74, 6) is 1.07. The first-order valence-corrected chi connectivity index (χ1v) is 7.28. The molecule has 0 radical (unpaired) electrons. The highest BCUT2D eigenvalue weighted by Gasteiger charge is 2.15. The number of rotatable bonds is 2. The first kappa shape index (κ1) is 16.3. The van der Waals surface area contributed by atoms with Crippen LogP contribution in [0.15, 0.2) is 29.8 Å². The molecule has 3 heteroatoms. The van der Waals surface area contributed by atoms with Gasteiger partial charge in [0.1, 0.15) is 5.75 Å². The van der Waals surface area contributed by atoms with Crippen LogP contribution in [-0.2, 0) is 4.79 Å². The lowest BCUT2D eigenvalue weighted by molar-refractivity contribution is -0.129. The van der Waals surface area contributed by atoms with Crippen molar-refractivity contribution in [3.63, 3.8) is 0 Å². The predicted octanol–water partition coefficient (Wildman–Crippen LogP) is 3.75. The van der Waals surface area contributed by atoms with Crippen LogP contribution in [0.1, 0.15) is 39.2 Å². The Morgan fingerprint density at radius 1 is 1.20 bits per heavy atom. The number of amides is 1. The Kier molecular flexibility index (Phi) is 6.85. The number of benzene rings is 1.